The summed E-state index contributed by atoms with van der Waals surface area (Å²) in [6.07, 6.45) is 1.88. The summed E-state index contributed by atoms with van der Waals surface area (Å²) in [5, 5.41) is 5.79. The van der Waals surface area contributed by atoms with Gasteiger partial charge in [0.05, 0.1) is 0 Å². The van der Waals surface area contributed by atoms with E-state index in [1.165, 1.54) is 0 Å². The van der Waals surface area contributed by atoms with Gasteiger partial charge in [0.2, 0.25) is 6.34 Å². The van der Waals surface area contributed by atoms with Crippen molar-refractivity contribution in [2.45, 2.75) is 0 Å². The first-order valence-corrected chi connectivity index (χ1v) is 1.75. The van der Waals surface area contributed by atoms with Crippen molar-refractivity contribution in [1.82, 2.24) is 0 Å². The lowest BCUT2D eigenvalue weighted by atomic mass is 10.6. The van der Waals surface area contributed by atoms with Gasteiger partial charge in [0, 0.05) is 0 Å². The molecule has 0 spiro atoms. The predicted molar refractivity (Wildman–Crippen MR) is 22.3 cm³/mol. The molecular weight excluding hydrogens is 110 g/mol. The van der Waals surface area contributed by atoms with E-state index in [-0.39, 0.29) is 0 Å². The van der Waals surface area contributed by atoms with Crippen molar-refractivity contribution < 1.29 is 9.59 Å². The maximum Gasteiger partial charge on any atom is 0.355 e. The van der Waals surface area contributed by atoms with Crippen LogP contribution in [0.15, 0.2) is 15.2 Å². The van der Waals surface area contributed by atoms with Crippen LogP contribution >= 0.6 is 0 Å². The molecule has 0 aromatic rings. The Morgan fingerprint density at radius 3 is 2.38 bits per heavy atom. The van der Waals surface area contributed by atoms with E-state index in [0.29, 0.717) is 0 Å². The second-order valence-electron chi connectivity index (χ2n) is 1.02. The topological polar surface area (TPSA) is 71.2 Å². The van der Waals surface area contributed by atoms with E-state index in [0.717, 1.165) is 0 Å². The monoisotopic (exact) mass is 110 g/mol. The molecule has 0 fully saturated rings. The third kappa shape index (κ3) is 0.651. The Hall–Kier alpha value is -1.39. The zero-order chi connectivity index (χ0) is 5.98. The molecule has 5 heteroatoms. The maximum atomic E-state index is 10.1. The Labute approximate surface area is 44.1 Å². The SMILES string of the molecule is O=C1N=[C]N=NC1=O. The summed E-state index contributed by atoms with van der Waals surface area (Å²) in [6, 6.07) is 0. The van der Waals surface area contributed by atoms with Crippen molar-refractivity contribution in [2.24, 2.45) is 15.2 Å². The first-order valence-electron chi connectivity index (χ1n) is 1.75. The van der Waals surface area contributed by atoms with Crippen LogP contribution in [0.3, 0.4) is 0 Å². The van der Waals surface area contributed by atoms with Crippen LogP contribution in [0.1, 0.15) is 0 Å². The predicted octanol–water partition coefficient (Wildman–Crippen LogP) is -0.589. The molecule has 0 bridgehead atoms. The summed E-state index contributed by atoms with van der Waals surface area (Å²) in [5.74, 6) is -1.86. The fourth-order valence-corrected chi connectivity index (χ4v) is 0.226. The standard InChI is InChI=1S/C3N3O2/c7-2-3(8)6-5-1-4-2. The summed E-state index contributed by atoms with van der Waals surface area (Å²) in [6.45, 7) is 0. The number of azo groups is 1. The van der Waals surface area contributed by atoms with Gasteiger partial charge in [-0.05, 0) is 0 Å². The van der Waals surface area contributed by atoms with Crippen LogP contribution < -0.4 is 0 Å². The average Bonchev–Trinajstić information content (AvgIpc) is 1.77. The van der Waals surface area contributed by atoms with Gasteiger partial charge in [-0.2, -0.15) is 4.99 Å². The van der Waals surface area contributed by atoms with Crippen LogP contribution in [-0.2, 0) is 9.59 Å². The van der Waals surface area contributed by atoms with E-state index < -0.39 is 11.8 Å². The number of rotatable bonds is 0. The first kappa shape index (κ1) is 4.76. The average molecular weight is 110 g/mol. The molecule has 1 rings (SSSR count). The largest absolute Gasteiger partial charge is 0.355 e. The molecule has 0 aliphatic carbocycles. The number of hydrogen-bond donors (Lipinski definition) is 0. The fraction of sp³-hybridized carbons (Fsp3) is 0. The molecule has 2 amide bonds. The van der Waals surface area contributed by atoms with Gasteiger partial charge in [0.15, 0.2) is 0 Å². The maximum absolute atomic E-state index is 10.1. The lowest BCUT2D eigenvalue weighted by Crippen LogP contribution is -2.09. The van der Waals surface area contributed by atoms with Gasteiger partial charge in [-0.15, -0.1) is 5.11 Å². The lowest BCUT2D eigenvalue weighted by molar-refractivity contribution is -0.135. The molecule has 0 N–H and O–H groups in total. The number of hydrogen-bond acceptors (Lipinski definition) is 3. The fourth-order valence-electron chi connectivity index (χ4n) is 0.226. The van der Waals surface area contributed by atoms with Crippen LogP contribution in [0, 0.1) is 0 Å². The highest BCUT2D eigenvalue weighted by Crippen LogP contribution is 1.87. The summed E-state index contributed by atoms with van der Waals surface area (Å²) in [4.78, 5) is 23.0. The van der Waals surface area contributed by atoms with Crippen molar-refractivity contribution in [2.75, 3.05) is 0 Å². The van der Waals surface area contributed by atoms with E-state index in [1.807, 2.05) is 6.34 Å². The van der Waals surface area contributed by atoms with E-state index in [1.54, 1.807) is 0 Å². The molecule has 8 heavy (non-hydrogen) atoms. The zero-order valence-corrected chi connectivity index (χ0v) is 3.66. The Bertz CT molecular complexity index is 171. The molecule has 0 aromatic carbocycles. The second kappa shape index (κ2) is 1.61. The number of amides is 2. The van der Waals surface area contributed by atoms with Gasteiger partial charge in [-0.25, -0.2) is 0 Å². The third-order valence-corrected chi connectivity index (χ3v) is 0.520. The van der Waals surface area contributed by atoms with Crippen LogP contribution in [0.4, 0.5) is 0 Å². The quantitative estimate of drug-likeness (QED) is 0.391. The van der Waals surface area contributed by atoms with Gasteiger partial charge in [0.25, 0.3) is 0 Å². The van der Waals surface area contributed by atoms with E-state index in [2.05, 4.69) is 15.2 Å². The van der Waals surface area contributed by atoms with Crippen LogP contribution in [-0.4, -0.2) is 18.2 Å². The van der Waals surface area contributed by atoms with E-state index in [4.69, 9.17) is 0 Å². The summed E-state index contributed by atoms with van der Waals surface area (Å²) >= 11 is 0. The minimum Gasteiger partial charge on any atom is -0.261 e. The van der Waals surface area contributed by atoms with Gasteiger partial charge >= 0.3 is 11.8 Å². The van der Waals surface area contributed by atoms with Gasteiger partial charge < -0.3 is 0 Å². The molecule has 0 saturated carbocycles. The zero-order valence-electron chi connectivity index (χ0n) is 3.66. The smallest absolute Gasteiger partial charge is 0.261 e. The molecule has 1 heterocycles. The van der Waals surface area contributed by atoms with Gasteiger partial charge in [0.1, 0.15) is 0 Å². The Morgan fingerprint density at radius 1 is 1.25 bits per heavy atom. The molecule has 39 valence electrons. The van der Waals surface area contributed by atoms with Crippen molar-refractivity contribution in [3.63, 3.8) is 0 Å². The Kier molecular flexibility index (Phi) is 0.957. The van der Waals surface area contributed by atoms with Crippen LogP contribution in [0.5, 0.6) is 0 Å². The second-order valence-corrected chi connectivity index (χ2v) is 1.02. The molecule has 1 aliphatic rings. The summed E-state index contributed by atoms with van der Waals surface area (Å²) in [7, 11) is 0. The molecular formula is C3N3O2. The Balaban J connectivity index is 2.89. The highest BCUT2D eigenvalue weighted by molar-refractivity contribution is 6.37. The molecule has 5 nitrogen and oxygen atoms in total. The molecule has 1 radical (unpaired) electrons. The van der Waals surface area contributed by atoms with Crippen LogP contribution in [0.25, 0.3) is 0 Å². The van der Waals surface area contributed by atoms with E-state index in [9.17, 15) is 9.59 Å². The third-order valence-electron chi connectivity index (χ3n) is 0.520. The van der Waals surface area contributed by atoms with Crippen LogP contribution in [0.2, 0.25) is 0 Å². The number of carbonyl (C=O) groups is 2. The van der Waals surface area contributed by atoms with Crippen molar-refractivity contribution >= 4 is 18.2 Å². The summed E-state index contributed by atoms with van der Waals surface area (Å²) < 4.78 is 0. The van der Waals surface area contributed by atoms with E-state index >= 15 is 0 Å². The number of aliphatic imine (C=N–C) groups is 1. The van der Waals surface area contributed by atoms with Crippen molar-refractivity contribution in [3.8, 4) is 0 Å². The normalized spacial score (nSPS) is 17.5. The molecule has 0 saturated heterocycles. The van der Waals surface area contributed by atoms with Gasteiger partial charge in [-0.3, -0.25) is 9.59 Å². The van der Waals surface area contributed by atoms with Crippen molar-refractivity contribution in [1.29, 1.82) is 0 Å². The highest BCUT2D eigenvalue weighted by atomic mass is 16.2. The molecule has 1 aliphatic heterocycles. The lowest BCUT2D eigenvalue weighted by Gasteiger charge is -1.84. The molecule has 0 atom stereocenters. The Morgan fingerprint density at radius 2 is 2.00 bits per heavy atom. The number of nitrogens with zero attached hydrogens (tertiary/aromatic N) is 3. The first-order chi connectivity index (χ1) is 3.80. The molecule has 0 unspecified atom stereocenters. The highest BCUT2D eigenvalue weighted by Gasteiger charge is 2.12. The summed E-state index contributed by atoms with van der Waals surface area (Å²) in [5.41, 5.74) is 0. The minimum absolute atomic E-state index is 0.917. The van der Waals surface area contributed by atoms with Crippen molar-refractivity contribution in [3.05, 3.63) is 0 Å². The van der Waals surface area contributed by atoms with Gasteiger partial charge in [-0.1, -0.05) is 5.11 Å². The minimum atomic E-state index is -0.941. The molecule has 0 aromatic heterocycles. The number of carbonyl (C=O) groups excluding carboxylic acids is 2.